The van der Waals surface area contributed by atoms with Gasteiger partial charge in [0.1, 0.15) is 12.3 Å². The minimum absolute atomic E-state index is 0.0797. The van der Waals surface area contributed by atoms with Gasteiger partial charge in [-0.15, -0.1) is 0 Å². The van der Waals surface area contributed by atoms with Crippen LogP contribution in [0.5, 0.6) is 5.75 Å². The van der Waals surface area contributed by atoms with Crippen molar-refractivity contribution >= 4 is 10.0 Å². The molecular weight excluding hydrogens is 348 g/mol. The van der Waals surface area contributed by atoms with Crippen molar-refractivity contribution in [2.75, 3.05) is 32.8 Å². The van der Waals surface area contributed by atoms with E-state index in [0.29, 0.717) is 19.7 Å². The second-order valence-electron chi connectivity index (χ2n) is 6.61. The maximum Gasteiger partial charge on any atom is 0.218 e. The maximum absolute atomic E-state index is 12.7. The lowest BCUT2D eigenvalue weighted by atomic mass is 10.2. The first-order valence-corrected chi connectivity index (χ1v) is 10.8. The molecule has 140 valence electrons. The standard InChI is InChI=1S/C20H26N2O3S/c1-2-25-20-11-7-6-10-19(20)16-21-12-14-22(15-13-21)26(23,24)17-18-8-4-3-5-9-18/h3-11H,2,12-17H2,1H3/p+1. The highest BCUT2D eigenvalue weighted by Crippen LogP contribution is 2.17. The molecule has 2 aromatic carbocycles. The summed E-state index contributed by atoms with van der Waals surface area (Å²) in [5.41, 5.74) is 2.03. The summed E-state index contributed by atoms with van der Waals surface area (Å²) in [5, 5.41) is 0. The van der Waals surface area contributed by atoms with Gasteiger partial charge in [0.2, 0.25) is 10.0 Å². The Bertz CT molecular complexity index is 801. The van der Waals surface area contributed by atoms with Gasteiger partial charge in [-0.2, -0.15) is 4.31 Å². The van der Waals surface area contributed by atoms with Crippen LogP contribution in [0.2, 0.25) is 0 Å². The van der Waals surface area contributed by atoms with E-state index >= 15 is 0 Å². The summed E-state index contributed by atoms with van der Waals surface area (Å²) in [7, 11) is -3.25. The van der Waals surface area contributed by atoms with Crippen molar-refractivity contribution in [2.24, 2.45) is 0 Å². The molecule has 0 aromatic heterocycles. The Balaban J connectivity index is 1.57. The van der Waals surface area contributed by atoms with Crippen molar-refractivity contribution in [2.45, 2.75) is 19.2 Å². The molecule has 1 heterocycles. The largest absolute Gasteiger partial charge is 0.493 e. The first-order chi connectivity index (χ1) is 12.6. The van der Waals surface area contributed by atoms with E-state index < -0.39 is 10.0 Å². The summed E-state index contributed by atoms with van der Waals surface area (Å²) in [6.45, 7) is 6.27. The first kappa shape index (κ1) is 18.9. The number of ether oxygens (including phenoxy) is 1. The van der Waals surface area contributed by atoms with Gasteiger partial charge >= 0.3 is 0 Å². The molecule has 1 aliphatic heterocycles. The topological polar surface area (TPSA) is 51.1 Å². The van der Waals surface area contributed by atoms with Crippen LogP contribution >= 0.6 is 0 Å². The molecular formula is C20H27N2O3S+. The van der Waals surface area contributed by atoms with E-state index in [9.17, 15) is 8.42 Å². The van der Waals surface area contributed by atoms with E-state index in [4.69, 9.17) is 4.74 Å². The second-order valence-corrected chi connectivity index (χ2v) is 8.58. The molecule has 1 saturated heterocycles. The fourth-order valence-electron chi connectivity index (χ4n) is 3.35. The average Bonchev–Trinajstić information content (AvgIpc) is 2.64. The lowest BCUT2D eigenvalue weighted by Crippen LogP contribution is -3.13. The second kappa shape index (κ2) is 8.66. The maximum atomic E-state index is 12.7. The van der Waals surface area contributed by atoms with E-state index in [-0.39, 0.29) is 5.75 Å². The van der Waals surface area contributed by atoms with Crippen LogP contribution in [0, 0.1) is 0 Å². The molecule has 0 bridgehead atoms. The van der Waals surface area contributed by atoms with Gasteiger partial charge in [0.15, 0.2) is 0 Å². The highest BCUT2D eigenvalue weighted by Gasteiger charge is 2.29. The van der Waals surface area contributed by atoms with E-state index in [0.717, 1.165) is 30.9 Å². The Labute approximate surface area is 156 Å². The van der Waals surface area contributed by atoms with Gasteiger partial charge in [0.05, 0.1) is 38.5 Å². The Hall–Kier alpha value is -1.89. The zero-order chi connectivity index (χ0) is 18.4. The van der Waals surface area contributed by atoms with Crippen LogP contribution in [0.15, 0.2) is 54.6 Å². The number of nitrogens with zero attached hydrogens (tertiary/aromatic N) is 1. The Morgan fingerprint density at radius 2 is 1.65 bits per heavy atom. The lowest BCUT2D eigenvalue weighted by molar-refractivity contribution is -0.917. The Kier molecular flexibility index (Phi) is 6.29. The molecule has 1 N–H and O–H groups in total. The predicted octanol–water partition coefficient (Wildman–Crippen LogP) is 1.32. The molecule has 1 fully saturated rings. The summed E-state index contributed by atoms with van der Waals surface area (Å²) >= 11 is 0. The molecule has 6 heteroatoms. The third-order valence-corrected chi connectivity index (χ3v) is 6.58. The molecule has 1 aliphatic rings. The normalized spacial score (nSPS) is 16.5. The molecule has 3 rings (SSSR count). The quantitative estimate of drug-likeness (QED) is 0.794. The third kappa shape index (κ3) is 4.84. The highest BCUT2D eigenvalue weighted by molar-refractivity contribution is 7.88. The Morgan fingerprint density at radius 1 is 1.00 bits per heavy atom. The monoisotopic (exact) mass is 375 g/mol. The molecule has 0 amide bonds. The van der Waals surface area contributed by atoms with Crippen molar-refractivity contribution in [1.82, 2.24) is 4.31 Å². The number of quaternary nitrogens is 1. The molecule has 0 radical (unpaired) electrons. The predicted molar refractivity (Wildman–Crippen MR) is 103 cm³/mol. The molecule has 26 heavy (non-hydrogen) atoms. The van der Waals surface area contributed by atoms with Crippen LogP contribution in [-0.4, -0.2) is 45.5 Å². The zero-order valence-electron chi connectivity index (χ0n) is 15.2. The average molecular weight is 376 g/mol. The van der Waals surface area contributed by atoms with Crippen molar-refractivity contribution < 1.29 is 18.1 Å². The SMILES string of the molecule is CCOc1ccccc1C[NH+]1CCN(S(=O)(=O)Cc2ccccc2)CC1. The van der Waals surface area contributed by atoms with E-state index in [1.807, 2.05) is 55.5 Å². The molecule has 0 aliphatic carbocycles. The zero-order valence-corrected chi connectivity index (χ0v) is 16.0. The number of para-hydroxylation sites is 1. The smallest absolute Gasteiger partial charge is 0.218 e. The molecule has 0 unspecified atom stereocenters. The first-order valence-electron chi connectivity index (χ1n) is 9.14. The van der Waals surface area contributed by atoms with Gasteiger partial charge in [0, 0.05) is 5.56 Å². The summed E-state index contributed by atoms with van der Waals surface area (Å²) in [5.74, 6) is 1.01. The van der Waals surface area contributed by atoms with Gasteiger partial charge < -0.3 is 9.64 Å². The number of rotatable bonds is 7. The molecule has 2 aromatic rings. The lowest BCUT2D eigenvalue weighted by Gasteiger charge is -2.31. The summed E-state index contributed by atoms with van der Waals surface area (Å²) in [6.07, 6.45) is 0. The van der Waals surface area contributed by atoms with Gasteiger partial charge in [0.25, 0.3) is 0 Å². The number of hydrogen-bond donors (Lipinski definition) is 1. The minimum atomic E-state index is -3.25. The van der Waals surface area contributed by atoms with Crippen LogP contribution in [-0.2, 0) is 22.3 Å². The van der Waals surface area contributed by atoms with Crippen LogP contribution in [0.3, 0.4) is 0 Å². The van der Waals surface area contributed by atoms with Crippen LogP contribution in [0.1, 0.15) is 18.1 Å². The number of benzene rings is 2. The summed E-state index contributed by atoms with van der Waals surface area (Å²) < 4.78 is 32.6. The molecule has 0 atom stereocenters. The Morgan fingerprint density at radius 3 is 2.35 bits per heavy atom. The van der Waals surface area contributed by atoms with Crippen LogP contribution in [0.25, 0.3) is 0 Å². The molecule has 0 saturated carbocycles. The van der Waals surface area contributed by atoms with Crippen LogP contribution < -0.4 is 9.64 Å². The fourth-order valence-corrected chi connectivity index (χ4v) is 4.88. The van der Waals surface area contributed by atoms with Crippen molar-refractivity contribution in [1.29, 1.82) is 0 Å². The molecule has 0 spiro atoms. The van der Waals surface area contributed by atoms with E-state index in [1.54, 1.807) is 4.31 Å². The number of nitrogens with one attached hydrogen (secondary N) is 1. The van der Waals surface area contributed by atoms with Gasteiger partial charge in [-0.1, -0.05) is 42.5 Å². The van der Waals surface area contributed by atoms with Gasteiger partial charge in [-0.25, -0.2) is 8.42 Å². The van der Waals surface area contributed by atoms with Gasteiger partial charge in [-0.05, 0) is 24.6 Å². The van der Waals surface area contributed by atoms with Crippen LogP contribution in [0.4, 0.5) is 0 Å². The van der Waals surface area contributed by atoms with Crippen molar-refractivity contribution in [3.05, 3.63) is 65.7 Å². The third-order valence-electron chi connectivity index (χ3n) is 4.73. The van der Waals surface area contributed by atoms with Crippen molar-refractivity contribution in [3.8, 4) is 5.75 Å². The molecule has 5 nitrogen and oxygen atoms in total. The van der Waals surface area contributed by atoms with Gasteiger partial charge in [-0.3, -0.25) is 0 Å². The number of piperazine rings is 1. The van der Waals surface area contributed by atoms with E-state index in [1.165, 1.54) is 10.5 Å². The van der Waals surface area contributed by atoms with Crippen molar-refractivity contribution in [3.63, 3.8) is 0 Å². The number of sulfonamides is 1. The minimum Gasteiger partial charge on any atom is -0.493 e. The fraction of sp³-hybridized carbons (Fsp3) is 0.400. The highest BCUT2D eigenvalue weighted by atomic mass is 32.2. The van der Waals surface area contributed by atoms with E-state index in [2.05, 4.69) is 6.07 Å². The summed E-state index contributed by atoms with van der Waals surface area (Å²) in [6, 6.07) is 17.5. The number of hydrogen-bond acceptors (Lipinski definition) is 3. The summed E-state index contributed by atoms with van der Waals surface area (Å²) in [4.78, 5) is 1.39.